The molecular formula is C20H22ClNO3S. The molecule has 2 aromatic rings. The van der Waals surface area contributed by atoms with Gasteiger partial charge in [-0.15, -0.1) is 11.6 Å². The molecule has 1 aliphatic heterocycles. The van der Waals surface area contributed by atoms with Gasteiger partial charge in [0.2, 0.25) is 5.91 Å². The van der Waals surface area contributed by atoms with E-state index in [2.05, 4.69) is 0 Å². The first-order chi connectivity index (χ1) is 12.4. The van der Waals surface area contributed by atoms with E-state index in [-0.39, 0.29) is 28.4 Å². The largest absolute Gasteiger partial charge is 0.338 e. The minimum Gasteiger partial charge on any atom is -0.338 e. The van der Waals surface area contributed by atoms with Crippen molar-refractivity contribution in [2.24, 2.45) is 11.8 Å². The first-order valence-corrected chi connectivity index (χ1v) is 10.8. The number of halogens is 1. The highest BCUT2D eigenvalue weighted by Gasteiger charge is 2.42. The topological polar surface area (TPSA) is 54.5 Å². The predicted molar refractivity (Wildman–Crippen MR) is 103 cm³/mol. The summed E-state index contributed by atoms with van der Waals surface area (Å²) in [5.74, 6) is -0.811. The van der Waals surface area contributed by atoms with E-state index in [1.165, 1.54) is 0 Å². The van der Waals surface area contributed by atoms with Crippen LogP contribution in [-0.2, 0) is 21.2 Å². The molecule has 1 amide bonds. The molecule has 0 radical (unpaired) electrons. The number of aryl methyl sites for hydroxylation is 1. The van der Waals surface area contributed by atoms with Crippen LogP contribution in [0.25, 0.3) is 0 Å². The summed E-state index contributed by atoms with van der Waals surface area (Å²) in [6, 6.07) is 16.4. The Morgan fingerprint density at radius 1 is 1.08 bits per heavy atom. The van der Waals surface area contributed by atoms with Crippen molar-refractivity contribution in [2.75, 3.05) is 18.2 Å². The zero-order chi connectivity index (χ0) is 18.7. The number of carbonyl (C=O) groups excluding carboxylic acids is 1. The second-order valence-electron chi connectivity index (χ2n) is 6.82. The van der Waals surface area contributed by atoms with E-state index in [0.717, 1.165) is 11.1 Å². The molecule has 2 atom stereocenters. The highest BCUT2D eigenvalue weighted by Crippen LogP contribution is 2.30. The number of hydrogen-bond donors (Lipinski definition) is 0. The zero-order valence-corrected chi connectivity index (χ0v) is 16.2. The summed E-state index contributed by atoms with van der Waals surface area (Å²) < 4.78 is 25.5. The number of alkyl halides is 1. The molecule has 0 N–H and O–H groups in total. The number of nitrogens with zero attached hydrogens (tertiary/aromatic N) is 1. The average molecular weight is 392 g/mol. The quantitative estimate of drug-likeness (QED) is 0.710. The molecular weight excluding hydrogens is 370 g/mol. The fraction of sp³-hybridized carbons (Fsp3) is 0.350. The maximum Gasteiger partial charge on any atom is 0.227 e. The van der Waals surface area contributed by atoms with Gasteiger partial charge in [0.05, 0.1) is 16.6 Å². The Morgan fingerprint density at radius 2 is 1.73 bits per heavy atom. The van der Waals surface area contributed by atoms with Crippen LogP contribution < -0.4 is 0 Å². The molecule has 0 saturated carbocycles. The molecule has 0 bridgehead atoms. The van der Waals surface area contributed by atoms with Gasteiger partial charge in [-0.1, -0.05) is 48.0 Å². The van der Waals surface area contributed by atoms with Gasteiger partial charge in [0.25, 0.3) is 0 Å². The van der Waals surface area contributed by atoms with Crippen LogP contribution in [0, 0.1) is 18.8 Å². The summed E-state index contributed by atoms with van der Waals surface area (Å²) in [5, 5.41) is 0. The molecule has 0 aliphatic carbocycles. The molecule has 1 heterocycles. The van der Waals surface area contributed by atoms with E-state index in [1.54, 1.807) is 29.2 Å². The Hall–Kier alpha value is -1.85. The molecule has 2 aromatic carbocycles. The lowest BCUT2D eigenvalue weighted by atomic mass is 10.00. The van der Waals surface area contributed by atoms with Crippen LogP contribution in [0.2, 0.25) is 0 Å². The van der Waals surface area contributed by atoms with Gasteiger partial charge in [0.1, 0.15) is 0 Å². The van der Waals surface area contributed by atoms with E-state index in [4.69, 9.17) is 11.6 Å². The molecule has 4 nitrogen and oxygen atoms in total. The third-order valence-corrected chi connectivity index (χ3v) is 7.03. The number of hydrogen-bond acceptors (Lipinski definition) is 3. The van der Waals surface area contributed by atoms with Crippen LogP contribution in [0.15, 0.2) is 59.5 Å². The molecule has 6 heteroatoms. The molecule has 0 spiro atoms. The van der Waals surface area contributed by atoms with Gasteiger partial charge in [0.15, 0.2) is 9.84 Å². The molecule has 1 aliphatic rings. The van der Waals surface area contributed by atoms with Crippen molar-refractivity contribution in [2.45, 2.75) is 18.4 Å². The van der Waals surface area contributed by atoms with Crippen molar-refractivity contribution < 1.29 is 13.2 Å². The van der Waals surface area contributed by atoms with E-state index in [0.29, 0.717) is 13.1 Å². The van der Waals surface area contributed by atoms with Gasteiger partial charge >= 0.3 is 0 Å². The molecule has 3 rings (SSSR count). The van der Waals surface area contributed by atoms with Crippen molar-refractivity contribution in [1.29, 1.82) is 0 Å². The van der Waals surface area contributed by atoms with Gasteiger partial charge < -0.3 is 4.90 Å². The van der Waals surface area contributed by atoms with Crippen molar-refractivity contribution in [3.63, 3.8) is 0 Å². The average Bonchev–Trinajstić information content (AvgIpc) is 2.91. The Bertz CT molecular complexity index is 866. The third-order valence-electron chi connectivity index (χ3n) is 4.85. The second kappa shape index (κ2) is 7.80. The van der Waals surface area contributed by atoms with Crippen molar-refractivity contribution in [1.82, 2.24) is 4.90 Å². The van der Waals surface area contributed by atoms with E-state index in [9.17, 15) is 13.2 Å². The first kappa shape index (κ1) is 18.9. The molecule has 0 unspecified atom stereocenters. The summed E-state index contributed by atoms with van der Waals surface area (Å²) in [5.41, 5.74) is 2.02. The van der Waals surface area contributed by atoms with Crippen LogP contribution in [0.5, 0.6) is 0 Å². The van der Waals surface area contributed by atoms with Gasteiger partial charge in [-0.2, -0.15) is 0 Å². The van der Waals surface area contributed by atoms with E-state index >= 15 is 0 Å². The van der Waals surface area contributed by atoms with Crippen LogP contribution in [0.4, 0.5) is 0 Å². The third kappa shape index (κ3) is 4.10. The standard InChI is InChI=1S/C20H22ClNO3S/c1-15-7-9-18(10-8-15)26(24,25)14-19-17(11-21)13-22(20(19)23)12-16-5-3-2-4-6-16/h2-10,17,19H,11-14H2,1H3/t17-,19-/m0/s1. The summed E-state index contributed by atoms with van der Waals surface area (Å²) >= 11 is 6.06. The fourth-order valence-corrected chi connectivity index (χ4v) is 5.27. The molecule has 1 saturated heterocycles. The second-order valence-corrected chi connectivity index (χ2v) is 9.16. The minimum absolute atomic E-state index is 0.129. The number of rotatable bonds is 6. The number of sulfone groups is 1. The summed E-state index contributed by atoms with van der Waals surface area (Å²) in [6.45, 7) is 2.88. The van der Waals surface area contributed by atoms with Crippen molar-refractivity contribution in [3.05, 3.63) is 65.7 Å². The fourth-order valence-electron chi connectivity index (χ4n) is 3.32. The van der Waals surface area contributed by atoms with Gasteiger partial charge in [-0.05, 0) is 24.6 Å². The lowest BCUT2D eigenvalue weighted by molar-refractivity contribution is -0.131. The summed E-state index contributed by atoms with van der Waals surface area (Å²) in [6.07, 6.45) is 0. The zero-order valence-electron chi connectivity index (χ0n) is 14.6. The Kier molecular flexibility index (Phi) is 5.68. The van der Waals surface area contributed by atoms with Gasteiger partial charge in [-0.25, -0.2) is 8.42 Å². The highest BCUT2D eigenvalue weighted by molar-refractivity contribution is 7.91. The summed E-state index contributed by atoms with van der Waals surface area (Å²) in [4.78, 5) is 14.8. The van der Waals surface area contributed by atoms with Crippen molar-refractivity contribution >= 4 is 27.3 Å². The number of benzene rings is 2. The van der Waals surface area contributed by atoms with Crippen LogP contribution >= 0.6 is 11.6 Å². The maximum atomic E-state index is 12.8. The normalized spacial score (nSPS) is 20.5. The maximum absolute atomic E-state index is 12.8. The van der Waals surface area contributed by atoms with Gasteiger partial charge in [-0.3, -0.25) is 4.79 Å². The van der Waals surface area contributed by atoms with Crippen LogP contribution in [-0.4, -0.2) is 37.4 Å². The smallest absolute Gasteiger partial charge is 0.227 e. The van der Waals surface area contributed by atoms with E-state index in [1.807, 2.05) is 37.3 Å². The van der Waals surface area contributed by atoms with Crippen LogP contribution in [0.1, 0.15) is 11.1 Å². The monoisotopic (exact) mass is 391 g/mol. The van der Waals surface area contributed by atoms with Gasteiger partial charge in [0, 0.05) is 24.9 Å². The Balaban J connectivity index is 1.77. The molecule has 26 heavy (non-hydrogen) atoms. The van der Waals surface area contributed by atoms with Crippen molar-refractivity contribution in [3.8, 4) is 0 Å². The summed E-state index contributed by atoms with van der Waals surface area (Å²) in [7, 11) is -3.54. The SMILES string of the molecule is Cc1ccc(S(=O)(=O)C[C@@H]2C(=O)N(Cc3ccccc3)C[C@@H]2CCl)cc1. The van der Waals surface area contributed by atoms with E-state index < -0.39 is 15.8 Å². The lowest BCUT2D eigenvalue weighted by Crippen LogP contribution is -2.30. The number of likely N-dealkylation sites (tertiary alicyclic amines) is 1. The predicted octanol–water partition coefficient (Wildman–Crippen LogP) is 3.28. The van der Waals surface area contributed by atoms with Crippen LogP contribution in [0.3, 0.4) is 0 Å². The number of amides is 1. The number of carbonyl (C=O) groups is 1. The molecule has 1 fully saturated rings. The highest BCUT2D eigenvalue weighted by atomic mass is 35.5. The Morgan fingerprint density at radius 3 is 2.35 bits per heavy atom. The molecule has 138 valence electrons. The first-order valence-electron chi connectivity index (χ1n) is 8.59. The Labute approximate surface area is 159 Å². The minimum atomic E-state index is -3.54. The lowest BCUT2D eigenvalue weighted by Gasteiger charge is -2.17. The molecule has 0 aromatic heterocycles.